The maximum absolute atomic E-state index is 12.9. The van der Waals surface area contributed by atoms with Crippen molar-refractivity contribution in [2.24, 2.45) is 5.92 Å². The molecule has 3 fully saturated rings. The zero-order valence-corrected chi connectivity index (χ0v) is 31.4. The number of rotatable bonds is 18. The van der Waals surface area contributed by atoms with Crippen LogP contribution in [-0.2, 0) is 42.8 Å². The largest absolute Gasteiger partial charge is 0.394 e. The fourth-order valence-electron chi connectivity index (χ4n) is 6.98. The first-order chi connectivity index (χ1) is 25.5. The SMILES string of the molecule is C#CC1OC(CC)C(C)C(OC2OC(CO)C(O)C(OC3(C)CC(O)C(NC(=O)CNC(=O)CCOCCC)C(C(O)C(O)CO)O3)C2O)C1NC(C)=O. The van der Waals surface area contributed by atoms with E-state index in [1.807, 2.05) is 13.8 Å². The molecule has 10 N–H and O–H groups in total. The van der Waals surface area contributed by atoms with E-state index in [1.54, 1.807) is 6.92 Å². The van der Waals surface area contributed by atoms with Gasteiger partial charge in [0.15, 0.2) is 12.1 Å². The van der Waals surface area contributed by atoms with Crippen LogP contribution >= 0.6 is 0 Å². The summed E-state index contributed by atoms with van der Waals surface area (Å²) < 4.78 is 35.5. The molecule has 310 valence electrons. The maximum Gasteiger partial charge on any atom is 0.239 e. The van der Waals surface area contributed by atoms with Crippen molar-refractivity contribution in [1.29, 1.82) is 0 Å². The second-order valence-corrected chi connectivity index (χ2v) is 14.1. The molecule has 3 aliphatic heterocycles. The summed E-state index contributed by atoms with van der Waals surface area (Å²) in [6, 6.07) is -2.29. The Balaban J connectivity index is 1.83. The fourth-order valence-corrected chi connectivity index (χ4v) is 6.98. The van der Waals surface area contributed by atoms with Crippen LogP contribution in [0.4, 0.5) is 0 Å². The third kappa shape index (κ3) is 11.7. The van der Waals surface area contributed by atoms with Crippen LogP contribution in [0.2, 0.25) is 0 Å². The van der Waals surface area contributed by atoms with E-state index >= 15 is 0 Å². The zero-order chi connectivity index (χ0) is 40.3. The lowest BCUT2D eigenvalue weighted by Gasteiger charge is -2.51. The third-order valence-corrected chi connectivity index (χ3v) is 9.79. The Kier molecular flexibility index (Phi) is 17.9. The van der Waals surface area contributed by atoms with Gasteiger partial charge in [-0.15, -0.1) is 6.42 Å². The Morgan fingerprint density at radius 1 is 0.981 bits per heavy atom. The van der Waals surface area contributed by atoms with Crippen molar-refractivity contribution >= 4 is 17.7 Å². The summed E-state index contributed by atoms with van der Waals surface area (Å²) in [5, 5.41) is 82.8. The van der Waals surface area contributed by atoms with E-state index in [2.05, 4.69) is 21.9 Å². The molecule has 3 aliphatic rings. The Morgan fingerprint density at radius 3 is 2.28 bits per heavy atom. The van der Waals surface area contributed by atoms with Crippen LogP contribution in [0.3, 0.4) is 0 Å². The van der Waals surface area contributed by atoms with Gasteiger partial charge < -0.3 is 80.1 Å². The van der Waals surface area contributed by atoms with Crippen molar-refractivity contribution in [3.63, 3.8) is 0 Å². The molecule has 3 saturated heterocycles. The van der Waals surface area contributed by atoms with Crippen LogP contribution < -0.4 is 16.0 Å². The van der Waals surface area contributed by atoms with Crippen LogP contribution in [0, 0.1) is 18.3 Å². The molecule has 54 heavy (non-hydrogen) atoms. The number of aliphatic hydroxyl groups is 7. The van der Waals surface area contributed by atoms with Crippen molar-refractivity contribution in [3.05, 3.63) is 0 Å². The van der Waals surface area contributed by atoms with Gasteiger partial charge in [0.25, 0.3) is 0 Å². The second kappa shape index (κ2) is 21.1. The standard InChI is InChI=1S/C35H59N3O16/c1-7-11-49-12-10-24(44)36-14-25(45)38-26-19(42)13-35(6,53-32(26)28(46)20(43)15-39)54-33-29(47)23(16-40)51-34(30(33)48)52-31-17(4)21(8-2)50-22(9-3)27(31)37-18(5)41/h3,17,19-23,26-34,39-40,42-43,46-48H,7-8,10-16H2,1-2,4-6H3,(H,36,44)(H,37,41)(H,38,45). The lowest BCUT2D eigenvalue weighted by molar-refractivity contribution is -0.380. The van der Waals surface area contributed by atoms with Crippen LogP contribution in [0.25, 0.3) is 0 Å². The molecule has 0 aromatic heterocycles. The number of terminal acetylenes is 1. The Morgan fingerprint density at radius 2 is 1.69 bits per heavy atom. The third-order valence-electron chi connectivity index (χ3n) is 9.79. The number of carbonyl (C=O) groups is 3. The number of amides is 3. The van der Waals surface area contributed by atoms with E-state index in [0.717, 1.165) is 6.42 Å². The molecule has 19 heteroatoms. The summed E-state index contributed by atoms with van der Waals surface area (Å²) in [5.74, 6) is -1.52. The molecular formula is C35H59N3O16. The van der Waals surface area contributed by atoms with Gasteiger partial charge in [-0.3, -0.25) is 14.4 Å². The Hall–Kier alpha value is -2.55. The fraction of sp³-hybridized carbons (Fsp3) is 0.857. The van der Waals surface area contributed by atoms with Crippen molar-refractivity contribution in [2.75, 3.05) is 33.0 Å². The summed E-state index contributed by atoms with van der Waals surface area (Å²) in [5.41, 5.74) is 0. The summed E-state index contributed by atoms with van der Waals surface area (Å²) >= 11 is 0. The molecule has 16 unspecified atom stereocenters. The van der Waals surface area contributed by atoms with Crippen LogP contribution in [0.5, 0.6) is 0 Å². The van der Waals surface area contributed by atoms with E-state index in [9.17, 15) is 50.1 Å². The number of nitrogens with one attached hydrogen (secondary N) is 3. The minimum absolute atomic E-state index is 0.00375. The number of carbonyl (C=O) groups excluding carboxylic acids is 3. The minimum atomic E-state index is -1.96. The molecule has 16 atom stereocenters. The molecule has 0 aromatic rings. The van der Waals surface area contributed by atoms with Crippen LogP contribution in [0.1, 0.15) is 60.3 Å². The zero-order valence-electron chi connectivity index (χ0n) is 31.4. The van der Waals surface area contributed by atoms with Gasteiger partial charge in [-0.2, -0.15) is 0 Å². The van der Waals surface area contributed by atoms with E-state index in [-0.39, 0.29) is 13.0 Å². The monoisotopic (exact) mass is 777 g/mol. The lowest BCUT2D eigenvalue weighted by Crippen LogP contribution is -2.69. The molecule has 0 radical (unpaired) electrons. The van der Waals surface area contributed by atoms with E-state index in [4.69, 9.17) is 34.8 Å². The first-order valence-electron chi connectivity index (χ1n) is 18.4. The highest BCUT2D eigenvalue weighted by atomic mass is 16.7. The highest BCUT2D eigenvalue weighted by Gasteiger charge is 2.55. The average Bonchev–Trinajstić information content (AvgIpc) is 3.13. The molecule has 0 aromatic carbocycles. The summed E-state index contributed by atoms with van der Waals surface area (Å²) in [6.45, 7) is 6.65. The van der Waals surface area contributed by atoms with Gasteiger partial charge in [-0.05, 0) is 19.8 Å². The minimum Gasteiger partial charge on any atom is -0.394 e. The van der Waals surface area contributed by atoms with Gasteiger partial charge in [0.2, 0.25) is 17.7 Å². The molecule has 0 spiro atoms. The van der Waals surface area contributed by atoms with E-state index in [0.29, 0.717) is 13.0 Å². The number of hydrogen-bond donors (Lipinski definition) is 10. The normalized spacial score (nSPS) is 38.1. The number of ether oxygens (including phenoxy) is 6. The molecule has 3 heterocycles. The van der Waals surface area contributed by atoms with Crippen LogP contribution in [-0.4, -0.2) is 178 Å². The van der Waals surface area contributed by atoms with Gasteiger partial charge in [0, 0.05) is 32.3 Å². The van der Waals surface area contributed by atoms with E-state index < -0.39 is 141 Å². The first-order valence-corrected chi connectivity index (χ1v) is 18.4. The van der Waals surface area contributed by atoms with E-state index in [1.165, 1.54) is 13.8 Å². The van der Waals surface area contributed by atoms with Crippen LogP contribution in [0.15, 0.2) is 0 Å². The maximum atomic E-state index is 12.9. The molecule has 0 bridgehead atoms. The molecule has 0 saturated carbocycles. The number of hydrogen-bond acceptors (Lipinski definition) is 16. The predicted molar refractivity (Wildman–Crippen MR) is 186 cm³/mol. The molecule has 0 aliphatic carbocycles. The van der Waals surface area contributed by atoms with Gasteiger partial charge in [0.05, 0.1) is 56.8 Å². The molecule has 19 nitrogen and oxygen atoms in total. The topological polar surface area (TPSA) is 284 Å². The van der Waals surface area contributed by atoms with Crippen molar-refractivity contribution in [3.8, 4) is 12.3 Å². The highest BCUT2D eigenvalue weighted by Crippen LogP contribution is 2.38. The van der Waals surface area contributed by atoms with Gasteiger partial charge >= 0.3 is 0 Å². The quantitative estimate of drug-likeness (QED) is 0.0471. The van der Waals surface area contributed by atoms with Gasteiger partial charge in [-0.1, -0.05) is 26.7 Å². The molecular weight excluding hydrogens is 718 g/mol. The van der Waals surface area contributed by atoms with Gasteiger partial charge in [-0.25, -0.2) is 0 Å². The van der Waals surface area contributed by atoms with Gasteiger partial charge in [0.1, 0.15) is 48.8 Å². The van der Waals surface area contributed by atoms with Crippen molar-refractivity contribution in [1.82, 2.24) is 16.0 Å². The second-order valence-electron chi connectivity index (χ2n) is 14.1. The summed E-state index contributed by atoms with van der Waals surface area (Å²) in [6.07, 6.45) is -10.6. The Bertz CT molecular complexity index is 1260. The predicted octanol–water partition coefficient (Wildman–Crippen LogP) is -3.85. The van der Waals surface area contributed by atoms with Crippen molar-refractivity contribution < 1.29 is 78.6 Å². The number of aliphatic hydroxyl groups excluding tert-OH is 7. The summed E-state index contributed by atoms with van der Waals surface area (Å²) in [4.78, 5) is 37.2. The Labute approximate surface area is 315 Å². The lowest BCUT2D eigenvalue weighted by atomic mass is 9.85. The highest BCUT2D eigenvalue weighted by molar-refractivity contribution is 5.84. The molecule has 3 rings (SSSR count). The summed E-state index contributed by atoms with van der Waals surface area (Å²) in [7, 11) is 0. The first kappa shape index (κ1) is 45.8. The molecule has 3 amide bonds. The van der Waals surface area contributed by atoms with Crippen molar-refractivity contribution in [2.45, 2.75) is 152 Å². The smallest absolute Gasteiger partial charge is 0.239 e. The average molecular weight is 778 g/mol.